The first-order valence-corrected chi connectivity index (χ1v) is 26.7. The van der Waals surface area contributed by atoms with Crippen molar-refractivity contribution in [1.82, 2.24) is 0 Å². The highest BCUT2D eigenvalue weighted by atomic mass is 15.1. The predicted molar refractivity (Wildman–Crippen MR) is 284 cm³/mol. The maximum Gasteiger partial charge on any atom is 0.0468 e. The van der Waals surface area contributed by atoms with Crippen molar-refractivity contribution in [2.75, 3.05) is 4.90 Å². The van der Waals surface area contributed by atoms with Gasteiger partial charge in [0.15, 0.2) is 0 Å². The molecule has 0 radical (unpaired) electrons. The van der Waals surface area contributed by atoms with Crippen molar-refractivity contribution >= 4 is 17.1 Å². The van der Waals surface area contributed by atoms with Gasteiger partial charge in [0.25, 0.3) is 0 Å². The van der Waals surface area contributed by atoms with Crippen LogP contribution >= 0.6 is 0 Å². The van der Waals surface area contributed by atoms with E-state index in [-0.39, 0.29) is 10.8 Å². The number of anilines is 3. The maximum absolute atomic E-state index is 2.57. The lowest BCUT2D eigenvalue weighted by Crippen LogP contribution is -2.55. The third kappa shape index (κ3) is 5.48. The van der Waals surface area contributed by atoms with Gasteiger partial charge >= 0.3 is 0 Å². The fourth-order valence-electron chi connectivity index (χ4n) is 18.2. The Morgan fingerprint density at radius 1 is 0.261 bits per heavy atom. The molecule has 0 N–H and O–H groups in total. The molecule has 0 unspecified atom stereocenters. The molecule has 10 aliphatic carbocycles. The first-order valence-electron chi connectivity index (χ1n) is 26.7. The average molecular weight is 890 g/mol. The average Bonchev–Trinajstić information content (AvgIpc) is 3.85. The summed E-state index contributed by atoms with van der Waals surface area (Å²) in [5.41, 5.74) is 23.9. The van der Waals surface area contributed by atoms with Gasteiger partial charge in [-0.25, -0.2) is 0 Å². The van der Waals surface area contributed by atoms with Gasteiger partial charge in [-0.1, -0.05) is 146 Å². The van der Waals surface area contributed by atoms with Gasteiger partial charge < -0.3 is 4.90 Å². The summed E-state index contributed by atoms with van der Waals surface area (Å²) in [6.45, 7) is 0. The summed E-state index contributed by atoms with van der Waals surface area (Å²) in [6.07, 6.45) is 14.3. The van der Waals surface area contributed by atoms with Crippen LogP contribution < -0.4 is 4.90 Å². The SMILES string of the molecule is c1ccc(-c2cccc(N(c3ccc(-c4ccc(-c5ccc6c(c5)-c5ccccc5[C@]65[C@H]6CC7C[C@H](C6)C[C@H]5C7)cc4)cc3)c3ccc4c(c3)-c3ccccc3[C@]43[C@@H]4CC5C[C@@H](C4)C[C@@H]3C5)c2)cc1. The highest BCUT2D eigenvalue weighted by Crippen LogP contribution is 2.71. The van der Waals surface area contributed by atoms with E-state index < -0.39 is 0 Å². The Labute approximate surface area is 408 Å². The molecule has 2 spiro atoms. The first-order chi connectivity index (χ1) is 34.1. The van der Waals surface area contributed by atoms with Gasteiger partial charge in [0.2, 0.25) is 0 Å². The number of hydrogen-bond donors (Lipinski definition) is 0. The van der Waals surface area contributed by atoms with Gasteiger partial charge in [-0.3, -0.25) is 0 Å². The molecule has 8 aromatic rings. The van der Waals surface area contributed by atoms with Gasteiger partial charge in [-0.05, 0) is 232 Å². The van der Waals surface area contributed by atoms with Gasteiger partial charge in [0.05, 0.1) is 0 Å². The summed E-state index contributed by atoms with van der Waals surface area (Å²) in [5.74, 6) is 6.89. The first kappa shape index (κ1) is 39.4. The van der Waals surface area contributed by atoms with Crippen molar-refractivity contribution in [1.29, 1.82) is 0 Å². The highest BCUT2D eigenvalue weighted by molar-refractivity contribution is 5.89. The van der Waals surface area contributed by atoms with Crippen LogP contribution in [0.1, 0.15) is 86.5 Å². The van der Waals surface area contributed by atoms with E-state index in [9.17, 15) is 0 Å². The lowest BCUT2D eigenvalue weighted by molar-refractivity contribution is -0.0399. The molecule has 0 atom stereocenters. The summed E-state index contributed by atoms with van der Waals surface area (Å²) >= 11 is 0. The van der Waals surface area contributed by atoms with E-state index in [4.69, 9.17) is 0 Å². The molecule has 1 heteroatoms. The smallest absolute Gasteiger partial charge is 0.0468 e. The van der Waals surface area contributed by atoms with Crippen molar-refractivity contribution in [2.45, 2.75) is 75.0 Å². The van der Waals surface area contributed by atoms with E-state index in [1.54, 1.807) is 22.3 Å². The molecule has 18 rings (SSSR count). The lowest BCUT2D eigenvalue weighted by atomic mass is 9.43. The zero-order chi connectivity index (χ0) is 45.0. The van der Waals surface area contributed by atoms with Crippen molar-refractivity contribution < 1.29 is 0 Å². The second-order valence-electron chi connectivity index (χ2n) is 23.3. The van der Waals surface area contributed by atoms with Gasteiger partial charge in [0, 0.05) is 27.9 Å². The molecule has 0 amide bonds. The molecule has 8 saturated carbocycles. The third-order valence-electron chi connectivity index (χ3n) is 20.2. The van der Waals surface area contributed by atoms with Crippen molar-refractivity contribution in [3.8, 4) is 55.6 Å². The van der Waals surface area contributed by atoms with Crippen LogP contribution in [0.3, 0.4) is 0 Å². The van der Waals surface area contributed by atoms with Crippen LogP contribution in [-0.4, -0.2) is 0 Å². The molecule has 69 heavy (non-hydrogen) atoms. The third-order valence-corrected chi connectivity index (χ3v) is 20.2. The van der Waals surface area contributed by atoms with E-state index in [2.05, 4.69) is 193 Å². The standard InChI is InChI=1S/C68H59N/c1-2-9-46(10-3-1)50-11-8-12-57(39-50)69(58-26-28-66-62(41-58)60-14-5-7-16-64(60)68(66)54-35-44-30-45(37-54)38-55(68)36-44)56-24-21-48(22-25-56)47-17-19-49(20-18-47)51-23-27-65-61(40-51)59-13-4-6-15-63(59)67(65)52-31-42-29-43(33-52)34-53(67)32-42/h1-28,39-45,52-55H,29-38H2/t42-,43?,44-,45?,52-,53+,54-,55+,67-,68+. The number of nitrogens with zero attached hydrogens (tertiary/aromatic N) is 1. The molecule has 10 aliphatic rings. The molecule has 8 fully saturated rings. The minimum atomic E-state index is 0.163. The molecule has 0 aliphatic heterocycles. The summed E-state index contributed by atoms with van der Waals surface area (Å²) < 4.78 is 0. The zero-order valence-corrected chi connectivity index (χ0v) is 39.5. The fourth-order valence-corrected chi connectivity index (χ4v) is 18.2. The van der Waals surface area contributed by atoms with E-state index in [0.29, 0.717) is 0 Å². The summed E-state index contributed by atoms with van der Waals surface area (Å²) in [7, 11) is 0. The maximum atomic E-state index is 2.57. The molecule has 336 valence electrons. The summed E-state index contributed by atoms with van der Waals surface area (Å²) in [4.78, 5) is 2.50. The van der Waals surface area contributed by atoms with Crippen LogP contribution in [0.2, 0.25) is 0 Å². The molecule has 0 heterocycles. The van der Waals surface area contributed by atoms with Gasteiger partial charge in [-0.15, -0.1) is 0 Å². The van der Waals surface area contributed by atoms with Crippen LogP contribution in [0.25, 0.3) is 55.6 Å². The number of fused-ring (bicyclic) bond motifs is 6. The largest absolute Gasteiger partial charge is 0.310 e. The number of hydrogen-bond acceptors (Lipinski definition) is 1. The van der Waals surface area contributed by atoms with E-state index in [1.807, 2.05) is 0 Å². The molecule has 0 aromatic heterocycles. The Kier molecular flexibility index (Phi) is 8.31. The summed E-state index contributed by atoms with van der Waals surface area (Å²) in [5, 5.41) is 0. The summed E-state index contributed by atoms with van der Waals surface area (Å²) in [6, 6.07) is 72.9. The topological polar surface area (TPSA) is 3.24 Å². The molecule has 0 saturated heterocycles. The zero-order valence-electron chi connectivity index (χ0n) is 39.5. The monoisotopic (exact) mass is 889 g/mol. The van der Waals surface area contributed by atoms with Gasteiger partial charge in [0.1, 0.15) is 0 Å². The lowest BCUT2D eigenvalue weighted by Gasteiger charge is -2.61. The Morgan fingerprint density at radius 3 is 1.20 bits per heavy atom. The fraction of sp³-hybridized carbons (Fsp3) is 0.294. The van der Waals surface area contributed by atoms with Crippen LogP contribution in [0.4, 0.5) is 17.1 Å². The Bertz CT molecular complexity index is 3300. The Hall–Kier alpha value is -6.44. The van der Waals surface area contributed by atoms with E-state index in [0.717, 1.165) is 47.3 Å². The minimum Gasteiger partial charge on any atom is -0.310 e. The van der Waals surface area contributed by atoms with E-state index in [1.165, 1.54) is 137 Å². The van der Waals surface area contributed by atoms with Gasteiger partial charge in [-0.2, -0.15) is 0 Å². The quantitative estimate of drug-likeness (QED) is 0.161. The van der Waals surface area contributed by atoms with Crippen LogP contribution in [0, 0.1) is 47.3 Å². The molecule has 8 bridgehead atoms. The molecular weight excluding hydrogens is 831 g/mol. The molecule has 8 aromatic carbocycles. The van der Waals surface area contributed by atoms with E-state index >= 15 is 0 Å². The van der Waals surface area contributed by atoms with Crippen LogP contribution in [0.5, 0.6) is 0 Å². The number of benzene rings is 8. The second-order valence-corrected chi connectivity index (χ2v) is 23.3. The second kappa shape index (κ2) is 14.6. The predicted octanol–water partition coefficient (Wildman–Crippen LogP) is 17.6. The Morgan fingerprint density at radius 2 is 0.638 bits per heavy atom. The highest BCUT2D eigenvalue weighted by Gasteiger charge is 2.63. The van der Waals surface area contributed by atoms with Crippen molar-refractivity contribution in [3.63, 3.8) is 0 Å². The van der Waals surface area contributed by atoms with Crippen molar-refractivity contribution in [2.24, 2.45) is 47.3 Å². The van der Waals surface area contributed by atoms with Crippen LogP contribution in [-0.2, 0) is 10.8 Å². The van der Waals surface area contributed by atoms with Crippen LogP contribution in [0.15, 0.2) is 188 Å². The normalized spacial score (nSPS) is 29.9. The number of rotatable bonds is 6. The van der Waals surface area contributed by atoms with Crippen molar-refractivity contribution in [3.05, 3.63) is 210 Å². The molecular formula is C68H59N. The minimum absolute atomic E-state index is 0.163. The molecule has 1 nitrogen and oxygen atoms in total. The Balaban J connectivity index is 0.751.